The zero-order valence-corrected chi connectivity index (χ0v) is 16.1. The first-order valence-corrected chi connectivity index (χ1v) is 9.66. The van der Waals surface area contributed by atoms with E-state index in [0.717, 1.165) is 29.2 Å². The molecule has 1 aliphatic rings. The van der Waals surface area contributed by atoms with Crippen molar-refractivity contribution in [3.8, 4) is 11.5 Å². The number of aliphatic hydroxyl groups is 1. The molecule has 3 rings (SSSR count). The fourth-order valence-corrected chi connectivity index (χ4v) is 3.54. The summed E-state index contributed by atoms with van der Waals surface area (Å²) in [6, 6.07) is 15.5. The maximum Gasteiger partial charge on any atom is 0.122 e. The summed E-state index contributed by atoms with van der Waals surface area (Å²) in [7, 11) is 0. The van der Waals surface area contributed by atoms with E-state index in [2.05, 4.69) is 5.32 Å². The maximum atomic E-state index is 11.8. The van der Waals surface area contributed by atoms with Crippen LogP contribution >= 0.6 is 0 Å². The second-order valence-corrected chi connectivity index (χ2v) is 6.67. The van der Waals surface area contributed by atoms with E-state index in [9.17, 15) is 5.11 Å². The highest BCUT2D eigenvalue weighted by molar-refractivity contribution is 5.42. The Morgan fingerprint density at radius 2 is 1.89 bits per heavy atom. The van der Waals surface area contributed by atoms with Crippen LogP contribution in [0, 0.1) is 0 Å². The van der Waals surface area contributed by atoms with Crippen LogP contribution in [-0.2, 0) is 16.8 Å². The summed E-state index contributed by atoms with van der Waals surface area (Å²) in [4.78, 5) is 0. The van der Waals surface area contributed by atoms with Gasteiger partial charge in [0, 0.05) is 25.1 Å². The van der Waals surface area contributed by atoms with E-state index in [1.54, 1.807) is 0 Å². The van der Waals surface area contributed by atoms with Crippen molar-refractivity contribution >= 4 is 0 Å². The lowest BCUT2D eigenvalue weighted by Gasteiger charge is -2.39. The summed E-state index contributed by atoms with van der Waals surface area (Å²) >= 11 is 0. The molecule has 0 amide bonds. The lowest BCUT2D eigenvalue weighted by Crippen LogP contribution is -2.52. The molecule has 27 heavy (non-hydrogen) atoms. The molecule has 0 saturated carbocycles. The summed E-state index contributed by atoms with van der Waals surface area (Å²) < 4.78 is 17.4. The summed E-state index contributed by atoms with van der Waals surface area (Å²) in [6.45, 7) is 7.04. The highest BCUT2D eigenvalue weighted by Crippen LogP contribution is 2.36. The summed E-state index contributed by atoms with van der Waals surface area (Å²) in [5, 5.41) is 15.1. The average molecular weight is 371 g/mol. The summed E-state index contributed by atoms with van der Waals surface area (Å²) in [5.74, 6) is 1.54. The van der Waals surface area contributed by atoms with E-state index >= 15 is 0 Å². The van der Waals surface area contributed by atoms with Gasteiger partial charge in [-0.15, -0.1) is 0 Å². The van der Waals surface area contributed by atoms with E-state index < -0.39 is 5.60 Å². The number of hydrogen-bond acceptors (Lipinski definition) is 5. The molecule has 1 fully saturated rings. The Hall–Kier alpha value is -2.08. The van der Waals surface area contributed by atoms with Crippen LogP contribution in [0.15, 0.2) is 48.5 Å². The Morgan fingerprint density at radius 1 is 1.11 bits per heavy atom. The minimum Gasteiger partial charge on any atom is -0.494 e. The second kappa shape index (κ2) is 9.22. The molecule has 146 valence electrons. The molecule has 2 aromatic carbocycles. The quantitative estimate of drug-likeness (QED) is 0.747. The van der Waals surface area contributed by atoms with Gasteiger partial charge < -0.3 is 24.6 Å². The van der Waals surface area contributed by atoms with E-state index in [1.165, 1.54) is 0 Å². The molecule has 1 saturated heterocycles. The standard InChI is InChI=1S/C22H29NO4/c1-3-25-19-10-11-20(26-4-2)17(14-19)15-22(24,18-8-6-5-7-9-18)21-16-23-12-13-27-21/h5-11,14,21,23-24H,3-4,12-13,15-16H2,1-2H3. The zero-order chi connectivity index (χ0) is 19.1. The molecular weight excluding hydrogens is 342 g/mol. The van der Waals surface area contributed by atoms with Crippen molar-refractivity contribution in [1.82, 2.24) is 5.32 Å². The molecule has 2 unspecified atom stereocenters. The van der Waals surface area contributed by atoms with Crippen molar-refractivity contribution in [2.45, 2.75) is 32.0 Å². The zero-order valence-electron chi connectivity index (χ0n) is 16.1. The molecule has 0 spiro atoms. The van der Waals surface area contributed by atoms with Crippen molar-refractivity contribution in [2.75, 3.05) is 32.9 Å². The van der Waals surface area contributed by atoms with Gasteiger partial charge in [0.05, 0.1) is 19.8 Å². The summed E-state index contributed by atoms with van der Waals surface area (Å²) in [5.41, 5.74) is 0.567. The van der Waals surface area contributed by atoms with Gasteiger partial charge in [-0.3, -0.25) is 0 Å². The monoisotopic (exact) mass is 371 g/mol. The van der Waals surface area contributed by atoms with E-state index in [-0.39, 0.29) is 6.10 Å². The summed E-state index contributed by atoms with van der Waals surface area (Å²) in [6.07, 6.45) is 0.0263. The molecule has 2 atom stereocenters. The van der Waals surface area contributed by atoms with E-state index in [4.69, 9.17) is 14.2 Å². The van der Waals surface area contributed by atoms with Crippen LogP contribution in [-0.4, -0.2) is 44.1 Å². The number of benzene rings is 2. The van der Waals surface area contributed by atoms with Crippen LogP contribution in [0.1, 0.15) is 25.0 Å². The Labute approximate surface area is 161 Å². The Balaban J connectivity index is 1.99. The normalized spacial score (nSPS) is 19.3. The third kappa shape index (κ3) is 4.61. The van der Waals surface area contributed by atoms with Crippen molar-refractivity contribution in [3.05, 3.63) is 59.7 Å². The molecule has 2 aromatic rings. The van der Waals surface area contributed by atoms with Gasteiger partial charge in [-0.1, -0.05) is 30.3 Å². The van der Waals surface area contributed by atoms with Crippen LogP contribution in [0.2, 0.25) is 0 Å². The van der Waals surface area contributed by atoms with E-state index in [1.807, 2.05) is 62.4 Å². The van der Waals surface area contributed by atoms with Gasteiger partial charge in [-0.25, -0.2) is 0 Å². The SMILES string of the molecule is CCOc1ccc(OCC)c(CC(O)(c2ccccc2)C2CNCCO2)c1. The smallest absolute Gasteiger partial charge is 0.122 e. The molecule has 5 heteroatoms. The first-order chi connectivity index (χ1) is 13.2. The third-order valence-corrected chi connectivity index (χ3v) is 4.84. The fourth-order valence-electron chi connectivity index (χ4n) is 3.54. The van der Waals surface area contributed by atoms with Gasteiger partial charge in [-0.05, 0) is 37.6 Å². The van der Waals surface area contributed by atoms with Gasteiger partial charge in [0.25, 0.3) is 0 Å². The fraction of sp³-hybridized carbons (Fsp3) is 0.455. The number of nitrogens with one attached hydrogen (secondary N) is 1. The number of hydrogen-bond donors (Lipinski definition) is 2. The Kier molecular flexibility index (Phi) is 6.72. The minimum absolute atomic E-state index is 0.348. The van der Waals surface area contributed by atoms with Crippen molar-refractivity contribution in [1.29, 1.82) is 0 Å². The van der Waals surface area contributed by atoms with Gasteiger partial charge in [0.15, 0.2) is 0 Å². The highest BCUT2D eigenvalue weighted by atomic mass is 16.5. The van der Waals surface area contributed by atoms with Crippen molar-refractivity contribution < 1.29 is 19.3 Å². The molecule has 0 bridgehead atoms. The van der Waals surface area contributed by atoms with Crippen LogP contribution in [0.3, 0.4) is 0 Å². The van der Waals surface area contributed by atoms with Gasteiger partial charge in [-0.2, -0.15) is 0 Å². The van der Waals surface area contributed by atoms with Crippen LogP contribution in [0.25, 0.3) is 0 Å². The molecule has 0 radical (unpaired) electrons. The van der Waals surface area contributed by atoms with Crippen LogP contribution in [0.4, 0.5) is 0 Å². The van der Waals surface area contributed by atoms with E-state index in [0.29, 0.717) is 32.8 Å². The topological polar surface area (TPSA) is 60.0 Å². The predicted octanol–water partition coefficient (Wildman–Crippen LogP) is 2.90. The molecule has 1 heterocycles. The molecule has 2 N–H and O–H groups in total. The number of rotatable bonds is 8. The van der Waals surface area contributed by atoms with Gasteiger partial charge >= 0.3 is 0 Å². The number of morpholine rings is 1. The molecule has 5 nitrogen and oxygen atoms in total. The first kappa shape index (κ1) is 19.7. The van der Waals surface area contributed by atoms with Crippen molar-refractivity contribution in [3.63, 3.8) is 0 Å². The van der Waals surface area contributed by atoms with Gasteiger partial charge in [0.1, 0.15) is 23.2 Å². The lowest BCUT2D eigenvalue weighted by atomic mass is 9.81. The van der Waals surface area contributed by atoms with Crippen LogP contribution < -0.4 is 14.8 Å². The Morgan fingerprint density at radius 3 is 2.56 bits per heavy atom. The molecule has 0 aromatic heterocycles. The van der Waals surface area contributed by atoms with Gasteiger partial charge in [0.2, 0.25) is 0 Å². The number of ether oxygens (including phenoxy) is 3. The predicted molar refractivity (Wildman–Crippen MR) is 105 cm³/mol. The maximum absolute atomic E-state index is 11.8. The lowest BCUT2D eigenvalue weighted by molar-refractivity contribution is -0.124. The molecular formula is C22H29NO4. The average Bonchev–Trinajstić information content (AvgIpc) is 2.71. The van der Waals surface area contributed by atoms with Crippen LogP contribution in [0.5, 0.6) is 11.5 Å². The Bertz CT molecular complexity index is 716. The second-order valence-electron chi connectivity index (χ2n) is 6.67. The van der Waals surface area contributed by atoms with Crippen molar-refractivity contribution in [2.24, 2.45) is 0 Å². The largest absolute Gasteiger partial charge is 0.494 e. The first-order valence-electron chi connectivity index (χ1n) is 9.66. The third-order valence-electron chi connectivity index (χ3n) is 4.84. The molecule has 0 aliphatic carbocycles. The molecule has 1 aliphatic heterocycles. The minimum atomic E-state index is -1.18. The highest BCUT2D eigenvalue weighted by Gasteiger charge is 2.41.